The second kappa shape index (κ2) is 11.8. The van der Waals surface area contributed by atoms with Crippen molar-refractivity contribution >= 4 is 23.7 Å². The number of hydrogen-bond donors (Lipinski definition) is 1. The Kier molecular flexibility index (Phi) is 9.67. The van der Waals surface area contributed by atoms with Crippen LogP contribution in [0.5, 0.6) is 0 Å². The lowest BCUT2D eigenvalue weighted by Crippen LogP contribution is -2.57. The molecule has 34 heavy (non-hydrogen) atoms. The van der Waals surface area contributed by atoms with Crippen molar-refractivity contribution in [1.29, 1.82) is 0 Å². The van der Waals surface area contributed by atoms with E-state index in [-0.39, 0.29) is 41.6 Å². The van der Waals surface area contributed by atoms with Crippen LogP contribution in [0.1, 0.15) is 53.9 Å². The first-order valence-corrected chi connectivity index (χ1v) is 12.2. The number of likely N-dealkylation sites (tertiary alicyclic amines) is 1. The van der Waals surface area contributed by atoms with E-state index in [1.165, 1.54) is 12.0 Å². The molecule has 9 heteroatoms. The smallest absolute Gasteiger partial charge is 0.330 e. The number of esters is 1. The molecular weight excluding hydrogens is 436 g/mol. The molecular formula is C25H42N4O5. The van der Waals surface area contributed by atoms with Gasteiger partial charge in [0.25, 0.3) is 0 Å². The molecule has 0 radical (unpaired) electrons. The molecule has 0 spiro atoms. The maximum atomic E-state index is 13.5. The SMILES string of the molecule is COC(=O)C1CN1C(=O)/C(C)=C/[C@H](C(C)C)N(C)C(=O)[C@@H](NC(=O)[C@H]1CCCCN1C)C(C)C. The number of ether oxygens (including phenoxy) is 1. The fourth-order valence-corrected chi connectivity index (χ4v) is 4.54. The third-order valence-electron chi connectivity index (χ3n) is 6.89. The van der Waals surface area contributed by atoms with E-state index in [0.717, 1.165) is 25.8 Å². The van der Waals surface area contributed by atoms with Crippen LogP contribution in [-0.4, -0.2) is 96.9 Å². The minimum atomic E-state index is -0.658. The number of methoxy groups -OCH3 is 1. The zero-order chi connectivity index (χ0) is 25.7. The third-order valence-corrected chi connectivity index (χ3v) is 6.89. The van der Waals surface area contributed by atoms with Crippen LogP contribution in [0, 0.1) is 11.8 Å². The fraction of sp³-hybridized carbons (Fsp3) is 0.760. The third kappa shape index (κ3) is 6.58. The van der Waals surface area contributed by atoms with Crippen LogP contribution in [0.15, 0.2) is 11.6 Å². The monoisotopic (exact) mass is 478 g/mol. The highest BCUT2D eigenvalue weighted by Crippen LogP contribution is 2.24. The molecule has 1 unspecified atom stereocenters. The second-order valence-corrected chi connectivity index (χ2v) is 10.3. The molecule has 2 fully saturated rings. The Labute approximate surface area is 203 Å². The molecule has 0 aromatic rings. The van der Waals surface area contributed by atoms with Crippen molar-refractivity contribution in [3.63, 3.8) is 0 Å². The molecule has 1 N–H and O–H groups in total. The number of piperidine rings is 1. The lowest BCUT2D eigenvalue weighted by molar-refractivity contribution is -0.142. The summed E-state index contributed by atoms with van der Waals surface area (Å²) < 4.78 is 4.71. The van der Waals surface area contributed by atoms with E-state index < -0.39 is 18.1 Å². The number of rotatable bonds is 9. The van der Waals surface area contributed by atoms with Crippen LogP contribution in [0.3, 0.4) is 0 Å². The standard InChI is InChI=1S/C25H42N4O5/c1-15(2)19(13-17(5)23(31)29-14-20(29)25(33)34-8)28(7)24(32)21(16(3)4)26-22(30)18-11-9-10-12-27(18)6/h13,15-16,18-21H,9-12,14H2,1-8H3,(H,26,30)/b17-13+/t18-,19-,20?,21+,29?/m1/s1. The average molecular weight is 479 g/mol. The molecule has 2 rings (SSSR count). The second-order valence-electron chi connectivity index (χ2n) is 10.3. The Morgan fingerprint density at radius 2 is 1.71 bits per heavy atom. The minimum Gasteiger partial charge on any atom is -0.467 e. The van der Waals surface area contributed by atoms with Crippen molar-refractivity contribution in [1.82, 2.24) is 20.0 Å². The first kappa shape index (κ1) is 27.8. The molecule has 2 aliphatic rings. The molecule has 0 aliphatic carbocycles. The molecule has 192 valence electrons. The van der Waals surface area contributed by atoms with Crippen molar-refractivity contribution in [2.75, 3.05) is 34.3 Å². The van der Waals surface area contributed by atoms with Gasteiger partial charge in [0.15, 0.2) is 0 Å². The highest BCUT2D eigenvalue weighted by molar-refractivity contribution is 5.99. The highest BCUT2D eigenvalue weighted by atomic mass is 16.5. The lowest BCUT2D eigenvalue weighted by Gasteiger charge is -2.36. The Balaban J connectivity index is 2.14. The summed E-state index contributed by atoms with van der Waals surface area (Å²) in [5.41, 5.74) is 0.471. The molecule has 9 nitrogen and oxygen atoms in total. The number of carbonyl (C=O) groups is 4. The first-order chi connectivity index (χ1) is 15.9. The number of likely N-dealkylation sites (N-methyl/N-ethyl adjacent to an activating group) is 2. The van der Waals surface area contributed by atoms with E-state index in [0.29, 0.717) is 12.1 Å². The highest BCUT2D eigenvalue weighted by Gasteiger charge is 2.45. The maximum absolute atomic E-state index is 13.5. The van der Waals surface area contributed by atoms with Crippen LogP contribution in [0.2, 0.25) is 0 Å². The van der Waals surface area contributed by atoms with Crippen molar-refractivity contribution in [2.24, 2.45) is 11.8 Å². The summed E-state index contributed by atoms with van der Waals surface area (Å²) >= 11 is 0. The van der Waals surface area contributed by atoms with Crippen LogP contribution in [0.4, 0.5) is 0 Å². The number of hydrogen-bond acceptors (Lipinski definition) is 6. The quantitative estimate of drug-likeness (QED) is 0.306. The topological polar surface area (TPSA) is 99.0 Å². The number of nitrogens with zero attached hydrogens (tertiary/aromatic N) is 3. The lowest BCUT2D eigenvalue weighted by atomic mass is 9.96. The zero-order valence-electron chi connectivity index (χ0n) is 22.0. The predicted molar refractivity (Wildman–Crippen MR) is 130 cm³/mol. The number of nitrogens with one attached hydrogen (secondary N) is 1. The summed E-state index contributed by atoms with van der Waals surface area (Å²) in [6, 6.07) is -1.75. The van der Waals surface area contributed by atoms with Crippen LogP contribution >= 0.6 is 0 Å². The molecule has 0 saturated carbocycles. The van der Waals surface area contributed by atoms with E-state index in [9.17, 15) is 19.2 Å². The molecule has 4 atom stereocenters. The summed E-state index contributed by atoms with van der Waals surface area (Å²) in [4.78, 5) is 56.1. The largest absolute Gasteiger partial charge is 0.467 e. The van der Waals surface area contributed by atoms with Gasteiger partial charge in [0.05, 0.1) is 25.7 Å². The van der Waals surface area contributed by atoms with Crippen molar-refractivity contribution in [3.05, 3.63) is 11.6 Å². The number of amides is 3. The van der Waals surface area contributed by atoms with Crippen LogP contribution in [0.25, 0.3) is 0 Å². The van der Waals surface area contributed by atoms with Gasteiger partial charge in [0, 0.05) is 12.6 Å². The van der Waals surface area contributed by atoms with Gasteiger partial charge in [-0.1, -0.05) is 40.2 Å². The normalized spacial score (nSPS) is 22.9. The molecule has 2 heterocycles. The summed E-state index contributed by atoms with van der Waals surface area (Å²) in [6.07, 6.45) is 4.66. The van der Waals surface area contributed by atoms with Gasteiger partial charge in [-0.2, -0.15) is 0 Å². The average Bonchev–Trinajstić information content (AvgIpc) is 3.59. The summed E-state index contributed by atoms with van der Waals surface area (Å²) in [7, 11) is 4.96. The van der Waals surface area contributed by atoms with Gasteiger partial charge in [-0.25, -0.2) is 4.79 Å². The van der Waals surface area contributed by atoms with E-state index in [1.54, 1.807) is 24.9 Å². The van der Waals surface area contributed by atoms with Gasteiger partial charge in [-0.05, 0) is 45.2 Å². The van der Waals surface area contributed by atoms with E-state index in [1.807, 2.05) is 39.6 Å². The Bertz CT molecular complexity index is 809. The zero-order valence-corrected chi connectivity index (χ0v) is 22.0. The number of carbonyl (C=O) groups excluding carboxylic acids is 4. The molecule has 0 aromatic heterocycles. The van der Waals surface area contributed by atoms with Crippen LogP contribution in [-0.2, 0) is 23.9 Å². The Morgan fingerprint density at radius 1 is 1.06 bits per heavy atom. The van der Waals surface area contributed by atoms with Gasteiger partial charge in [0.2, 0.25) is 17.7 Å². The van der Waals surface area contributed by atoms with Gasteiger partial charge in [-0.15, -0.1) is 0 Å². The first-order valence-electron chi connectivity index (χ1n) is 12.2. The molecule has 0 bridgehead atoms. The van der Waals surface area contributed by atoms with Gasteiger partial charge in [-0.3, -0.25) is 19.3 Å². The van der Waals surface area contributed by atoms with Gasteiger partial charge >= 0.3 is 5.97 Å². The summed E-state index contributed by atoms with van der Waals surface area (Å²) in [6.45, 7) is 10.7. The maximum Gasteiger partial charge on any atom is 0.330 e. The van der Waals surface area contributed by atoms with E-state index in [4.69, 9.17) is 4.74 Å². The summed E-state index contributed by atoms with van der Waals surface area (Å²) in [5, 5.41) is 3.00. The van der Waals surface area contributed by atoms with E-state index >= 15 is 0 Å². The summed E-state index contributed by atoms with van der Waals surface area (Å²) in [5.74, 6) is -1.01. The van der Waals surface area contributed by atoms with Gasteiger partial charge in [0.1, 0.15) is 12.1 Å². The van der Waals surface area contributed by atoms with Crippen molar-refractivity contribution in [2.45, 2.75) is 78.0 Å². The molecule has 0 aromatic carbocycles. The fourth-order valence-electron chi connectivity index (χ4n) is 4.54. The predicted octanol–water partition coefficient (Wildman–Crippen LogP) is 1.42. The van der Waals surface area contributed by atoms with Crippen molar-refractivity contribution < 1.29 is 23.9 Å². The minimum absolute atomic E-state index is 0.0373. The van der Waals surface area contributed by atoms with Gasteiger partial charge < -0.3 is 19.9 Å². The van der Waals surface area contributed by atoms with Crippen molar-refractivity contribution in [3.8, 4) is 0 Å². The molecule has 2 aliphatic heterocycles. The molecule has 3 amide bonds. The van der Waals surface area contributed by atoms with E-state index in [2.05, 4.69) is 5.32 Å². The van der Waals surface area contributed by atoms with Crippen LogP contribution < -0.4 is 5.32 Å². The Morgan fingerprint density at radius 3 is 2.24 bits per heavy atom. The molecule has 2 saturated heterocycles. The Hall–Kier alpha value is -2.42.